The van der Waals surface area contributed by atoms with Gasteiger partial charge in [0.15, 0.2) is 9.84 Å². The van der Waals surface area contributed by atoms with Crippen LogP contribution in [0.2, 0.25) is 0 Å². The minimum atomic E-state index is -3.38. The summed E-state index contributed by atoms with van der Waals surface area (Å²) in [7, 11) is -3.38. The standard InChI is InChI=1S/C22H25N3O4S/c1-16-9-10-17(2)20(15-16)25-21(26)12-11-19(24-25)22(27)23-13-6-14-30(28,29)18-7-4-3-5-8-18/h3-5,7-10,15H,6,11-14H2,1-2H3,(H,23,27). The molecule has 1 aliphatic heterocycles. The van der Waals surface area contributed by atoms with Crippen LogP contribution in [0.25, 0.3) is 0 Å². The zero-order valence-electron chi connectivity index (χ0n) is 17.1. The highest BCUT2D eigenvalue weighted by Crippen LogP contribution is 2.25. The number of rotatable bonds is 7. The molecule has 30 heavy (non-hydrogen) atoms. The molecule has 0 spiro atoms. The number of hydrazone groups is 1. The van der Waals surface area contributed by atoms with Gasteiger partial charge in [0.25, 0.3) is 5.91 Å². The van der Waals surface area contributed by atoms with Gasteiger partial charge in [-0.2, -0.15) is 5.10 Å². The number of amides is 2. The van der Waals surface area contributed by atoms with E-state index in [0.29, 0.717) is 5.69 Å². The Hall–Kier alpha value is -3.00. The van der Waals surface area contributed by atoms with Crippen LogP contribution in [0.1, 0.15) is 30.4 Å². The second kappa shape index (κ2) is 9.21. The summed E-state index contributed by atoms with van der Waals surface area (Å²) in [5.41, 5.74) is 2.82. The summed E-state index contributed by atoms with van der Waals surface area (Å²) >= 11 is 0. The van der Waals surface area contributed by atoms with E-state index in [4.69, 9.17) is 0 Å². The van der Waals surface area contributed by atoms with Crippen LogP contribution in [0, 0.1) is 13.8 Å². The second-order valence-corrected chi connectivity index (χ2v) is 9.39. The maximum Gasteiger partial charge on any atom is 0.267 e. The molecule has 0 atom stereocenters. The van der Waals surface area contributed by atoms with Crippen molar-refractivity contribution in [3.05, 3.63) is 59.7 Å². The van der Waals surface area contributed by atoms with Crippen LogP contribution in [0.3, 0.4) is 0 Å². The lowest BCUT2D eigenvalue weighted by Gasteiger charge is -2.24. The van der Waals surface area contributed by atoms with Crippen molar-refractivity contribution >= 4 is 33.1 Å². The number of benzene rings is 2. The molecular weight excluding hydrogens is 402 g/mol. The first-order chi connectivity index (χ1) is 14.3. The Balaban J connectivity index is 1.61. The van der Waals surface area contributed by atoms with E-state index in [-0.39, 0.29) is 54.0 Å². The molecule has 0 saturated heterocycles. The van der Waals surface area contributed by atoms with Gasteiger partial charge in [-0.15, -0.1) is 0 Å². The van der Waals surface area contributed by atoms with E-state index in [2.05, 4.69) is 10.4 Å². The van der Waals surface area contributed by atoms with Crippen molar-refractivity contribution in [2.75, 3.05) is 17.3 Å². The molecule has 1 N–H and O–H groups in total. The molecule has 0 aliphatic carbocycles. The lowest BCUT2D eigenvalue weighted by Crippen LogP contribution is -2.39. The van der Waals surface area contributed by atoms with Crippen molar-refractivity contribution in [1.82, 2.24) is 5.32 Å². The fourth-order valence-corrected chi connectivity index (χ4v) is 4.50. The third kappa shape index (κ3) is 5.13. The number of carbonyl (C=O) groups is 2. The Morgan fingerprint density at radius 2 is 1.83 bits per heavy atom. The number of anilines is 1. The van der Waals surface area contributed by atoms with Crippen molar-refractivity contribution in [3.8, 4) is 0 Å². The average Bonchev–Trinajstić information content (AvgIpc) is 2.74. The molecule has 0 radical (unpaired) electrons. The van der Waals surface area contributed by atoms with Gasteiger partial charge in [-0.1, -0.05) is 30.3 Å². The molecule has 158 valence electrons. The van der Waals surface area contributed by atoms with E-state index in [9.17, 15) is 18.0 Å². The van der Waals surface area contributed by atoms with E-state index < -0.39 is 9.84 Å². The van der Waals surface area contributed by atoms with E-state index in [0.717, 1.165) is 11.1 Å². The van der Waals surface area contributed by atoms with Gasteiger partial charge in [0.05, 0.1) is 16.3 Å². The Kier molecular flexibility index (Phi) is 6.66. The van der Waals surface area contributed by atoms with Gasteiger partial charge in [0.1, 0.15) is 5.71 Å². The Labute approximate surface area is 176 Å². The summed E-state index contributed by atoms with van der Waals surface area (Å²) in [4.78, 5) is 25.1. The van der Waals surface area contributed by atoms with Crippen LogP contribution in [0.15, 0.2) is 58.5 Å². The van der Waals surface area contributed by atoms with E-state index in [1.54, 1.807) is 30.3 Å². The van der Waals surface area contributed by atoms with Crippen LogP contribution >= 0.6 is 0 Å². The lowest BCUT2D eigenvalue weighted by atomic mass is 10.1. The number of hydrogen-bond donors (Lipinski definition) is 1. The Morgan fingerprint density at radius 3 is 2.57 bits per heavy atom. The molecule has 2 amide bonds. The SMILES string of the molecule is Cc1ccc(C)c(N2N=C(C(=O)NCCCS(=O)(=O)c3ccccc3)CCC2=O)c1. The number of sulfone groups is 1. The smallest absolute Gasteiger partial charge is 0.267 e. The zero-order valence-corrected chi connectivity index (χ0v) is 17.9. The van der Waals surface area contributed by atoms with Gasteiger partial charge in [-0.3, -0.25) is 9.59 Å². The lowest BCUT2D eigenvalue weighted by molar-refractivity contribution is -0.119. The van der Waals surface area contributed by atoms with Gasteiger partial charge in [-0.25, -0.2) is 13.4 Å². The third-order valence-electron chi connectivity index (χ3n) is 4.87. The van der Waals surface area contributed by atoms with Crippen LogP contribution in [-0.4, -0.2) is 38.2 Å². The second-order valence-electron chi connectivity index (χ2n) is 7.28. The summed E-state index contributed by atoms with van der Waals surface area (Å²) in [6.45, 7) is 4.03. The monoisotopic (exact) mass is 427 g/mol. The average molecular weight is 428 g/mol. The third-order valence-corrected chi connectivity index (χ3v) is 6.68. The van der Waals surface area contributed by atoms with E-state index >= 15 is 0 Å². The summed E-state index contributed by atoms with van der Waals surface area (Å²) in [6, 6.07) is 14.0. The maximum atomic E-state index is 12.5. The number of hydrogen-bond acceptors (Lipinski definition) is 5. The van der Waals surface area contributed by atoms with Crippen molar-refractivity contribution < 1.29 is 18.0 Å². The quantitative estimate of drug-likeness (QED) is 0.687. The number of nitrogens with one attached hydrogen (secondary N) is 1. The minimum absolute atomic E-state index is 0.0587. The molecule has 0 aromatic heterocycles. The molecule has 1 heterocycles. The van der Waals surface area contributed by atoms with Crippen molar-refractivity contribution in [3.63, 3.8) is 0 Å². The molecule has 0 bridgehead atoms. The minimum Gasteiger partial charge on any atom is -0.351 e. The number of nitrogens with zero attached hydrogens (tertiary/aromatic N) is 2. The van der Waals surface area contributed by atoms with Crippen molar-refractivity contribution in [1.29, 1.82) is 0 Å². The van der Waals surface area contributed by atoms with Gasteiger partial charge >= 0.3 is 0 Å². The Bertz CT molecular complexity index is 1080. The highest BCUT2D eigenvalue weighted by atomic mass is 32.2. The largest absolute Gasteiger partial charge is 0.351 e. The molecule has 0 fully saturated rings. The van der Waals surface area contributed by atoms with Crippen LogP contribution in [0.4, 0.5) is 5.69 Å². The molecule has 1 aliphatic rings. The molecule has 0 saturated carbocycles. The molecule has 0 unspecified atom stereocenters. The van der Waals surface area contributed by atoms with Gasteiger partial charge in [-0.05, 0) is 49.6 Å². The summed E-state index contributed by atoms with van der Waals surface area (Å²) < 4.78 is 24.6. The van der Waals surface area contributed by atoms with Crippen LogP contribution < -0.4 is 10.3 Å². The first kappa shape index (κ1) is 21.7. The summed E-state index contributed by atoms with van der Waals surface area (Å²) in [5.74, 6) is -0.597. The number of aryl methyl sites for hydroxylation is 2. The van der Waals surface area contributed by atoms with Gasteiger partial charge < -0.3 is 5.32 Å². The predicted molar refractivity (Wildman–Crippen MR) is 116 cm³/mol. The summed E-state index contributed by atoms with van der Waals surface area (Å²) in [5, 5.41) is 8.29. The van der Waals surface area contributed by atoms with E-state index in [1.807, 2.05) is 32.0 Å². The predicted octanol–water partition coefficient (Wildman–Crippen LogP) is 2.77. The normalized spacial score (nSPS) is 14.4. The molecule has 7 nitrogen and oxygen atoms in total. The van der Waals surface area contributed by atoms with Crippen LogP contribution in [0.5, 0.6) is 0 Å². The van der Waals surface area contributed by atoms with Crippen LogP contribution in [-0.2, 0) is 19.4 Å². The Morgan fingerprint density at radius 1 is 1.10 bits per heavy atom. The van der Waals surface area contributed by atoms with Gasteiger partial charge in [0.2, 0.25) is 5.91 Å². The zero-order chi connectivity index (χ0) is 21.7. The maximum absolute atomic E-state index is 12.5. The topological polar surface area (TPSA) is 95.9 Å². The number of carbonyl (C=O) groups excluding carboxylic acids is 2. The molecule has 2 aromatic rings. The molecule has 8 heteroatoms. The van der Waals surface area contributed by atoms with Crippen molar-refractivity contribution in [2.24, 2.45) is 5.10 Å². The fraction of sp³-hybridized carbons (Fsp3) is 0.318. The highest BCUT2D eigenvalue weighted by Gasteiger charge is 2.26. The first-order valence-corrected chi connectivity index (χ1v) is 11.5. The van der Waals surface area contributed by atoms with E-state index in [1.165, 1.54) is 5.01 Å². The van der Waals surface area contributed by atoms with Gasteiger partial charge in [0, 0.05) is 19.4 Å². The van der Waals surface area contributed by atoms with Crippen molar-refractivity contribution in [2.45, 2.75) is 38.0 Å². The molecular formula is C22H25N3O4S. The fourth-order valence-electron chi connectivity index (χ4n) is 3.16. The highest BCUT2D eigenvalue weighted by molar-refractivity contribution is 7.91. The first-order valence-electron chi connectivity index (χ1n) is 9.81. The summed E-state index contributed by atoms with van der Waals surface area (Å²) in [6.07, 6.45) is 0.742. The molecule has 2 aromatic carbocycles. The molecule has 3 rings (SSSR count).